The van der Waals surface area contributed by atoms with Gasteiger partial charge in [0.2, 0.25) is 0 Å². The molecule has 3 rings (SSSR count). The van der Waals surface area contributed by atoms with Gasteiger partial charge in [-0.15, -0.1) is 0 Å². The van der Waals surface area contributed by atoms with Crippen LogP contribution >= 0.6 is 0 Å². The van der Waals surface area contributed by atoms with Crippen LogP contribution in [-0.2, 0) is 6.42 Å². The number of carbonyl (C=O) groups excluding carboxylic acids is 1. The number of nitrogens with two attached hydrogens (primary N) is 1. The third-order valence-electron chi connectivity index (χ3n) is 3.50. The van der Waals surface area contributed by atoms with E-state index in [0.29, 0.717) is 30.6 Å². The molecule has 0 atom stereocenters. The second-order valence-corrected chi connectivity index (χ2v) is 4.85. The average molecular weight is 272 g/mol. The fourth-order valence-corrected chi connectivity index (χ4v) is 2.68. The zero-order valence-corrected chi connectivity index (χ0v) is 10.7. The molecule has 20 heavy (non-hydrogen) atoms. The minimum Gasteiger partial charge on any atom is -0.385 e. The highest BCUT2D eigenvalue weighted by Crippen LogP contribution is 2.24. The lowest BCUT2D eigenvalue weighted by Gasteiger charge is -2.22. The van der Waals surface area contributed by atoms with Crippen LogP contribution in [0.3, 0.4) is 0 Å². The van der Waals surface area contributed by atoms with Gasteiger partial charge in [-0.2, -0.15) is 0 Å². The molecular formula is C15H13FN2O2. The summed E-state index contributed by atoms with van der Waals surface area (Å²) in [4.78, 5) is 23.9. The molecule has 0 saturated heterocycles. The van der Waals surface area contributed by atoms with Crippen LogP contribution in [0.2, 0.25) is 0 Å². The molecule has 0 spiro atoms. The summed E-state index contributed by atoms with van der Waals surface area (Å²) in [7, 11) is 0. The van der Waals surface area contributed by atoms with E-state index in [9.17, 15) is 14.0 Å². The van der Waals surface area contributed by atoms with Gasteiger partial charge in [0.15, 0.2) is 11.2 Å². The minimum atomic E-state index is -0.392. The summed E-state index contributed by atoms with van der Waals surface area (Å²) in [5.74, 6) is -0.341. The van der Waals surface area contributed by atoms with Crippen LogP contribution < -0.4 is 11.2 Å². The maximum absolute atomic E-state index is 13.4. The van der Waals surface area contributed by atoms with Crippen molar-refractivity contribution in [3.63, 3.8) is 0 Å². The SMILES string of the molecule is Nc1cc(=O)c2c(n1-c1cccc(F)c1)CCCC2=O. The quantitative estimate of drug-likeness (QED) is 0.864. The van der Waals surface area contributed by atoms with Gasteiger partial charge in [0.1, 0.15) is 11.6 Å². The third-order valence-corrected chi connectivity index (χ3v) is 3.50. The van der Waals surface area contributed by atoms with E-state index < -0.39 is 5.82 Å². The molecule has 0 bridgehead atoms. The molecule has 2 N–H and O–H groups in total. The number of pyridine rings is 1. The summed E-state index contributed by atoms with van der Waals surface area (Å²) in [6, 6.07) is 7.16. The minimum absolute atomic E-state index is 0.165. The van der Waals surface area contributed by atoms with Crippen molar-refractivity contribution >= 4 is 11.6 Å². The standard InChI is InChI=1S/C15H13FN2O2/c16-9-3-1-4-10(7-9)18-11-5-2-6-12(19)15(11)13(20)8-14(18)17/h1,3-4,7-8H,2,5-6,17H2. The average Bonchev–Trinajstić information content (AvgIpc) is 2.38. The normalized spacial score (nSPS) is 14.2. The first-order valence-electron chi connectivity index (χ1n) is 6.41. The number of aromatic nitrogens is 1. The predicted octanol–water partition coefficient (Wildman–Crippen LogP) is 2.08. The van der Waals surface area contributed by atoms with Gasteiger partial charge >= 0.3 is 0 Å². The number of hydrogen-bond donors (Lipinski definition) is 1. The fourth-order valence-electron chi connectivity index (χ4n) is 2.68. The molecule has 1 aliphatic rings. The van der Waals surface area contributed by atoms with Gasteiger partial charge in [-0.3, -0.25) is 14.2 Å². The van der Waals surface area contributed by atoms with Gasteiger partial charge in [-0.1, -0.05) is 6.07 Å². The van der Waals surface area contributed by atoms with Crippen LogP contribution in [0.15, 0.2) is 35.1 Å². The number of nitrogen functional groups attached to an aromatic ring is 1. The zero-order valence-electron chi connectivity index (χ0n) is 10.7. The number of nitrogens with zero attached hydrogens (tertiary/aromatic N) is 1. The molecule has 1 aromatic carbocycles. The Bertz CT molecular complexity index is 765. The van der Waals surface area contributed by atoms with Gasteiger partial charge in [0.05, 0.1) is 11.3 Å². The lowest BCUT2D eigenvalue weighted by atomic mass is 9.93. The molecule has 102 valence electrons. The van der Waals surface area contributed by atoms with Crippen LogP contribution in [0, 0.1) is 5.82 Å². The van der Waals surface area contributed by atoms with Crippen molar-refractivity contribution in [1.82, 2.24) is 4.57 Å². The summed E-state index contributed by atoms with van der Waals surface area (Å²) in [6.45, 7) is 0. The van der Waals surface area contributed by atoms with E-state index in [1.165, 1.54) is 18.2 Å². The van der Waals surface area contributed by atoms with Crippen molar-refractivity contribution in [3.8, 4) is 5.69 Å². The van der Waals surface area contributed by atoms with E-state index in [-0.39, 0.29) is 22.6 Å². The molecule has 2 aromatic rings. The molecule has 4 nitrogen and oxygen atoms in total. The van der Waals surface area contributed by atoms with Crippen molar-refractivity contribution in [2.45, 2.75) is 19.3 Å². The molecule has 1 aliphatic carbocycles. The van der Waals surface area contributed by atoms with E-state index >= 15 is 0 Å². The van der Waals surface area contributed by atoms with Gasteiger partial charge in [-0.25, -0.2) is 4.39 Å². The molecule has 1 aromatic heterocycles. The summed E-state index contributed by atoms with van der Waals surface area (Å²) >= 11 is 0. The highest BCUT2D eigenvalue weighted by atomic mass is 19.1. The van der Waals surface area contributed by atoms with Crippen LogP contribution in [0.1, 0.15) is 28.9 Å². The third kappa shape index (κ3) is 1.91. The van der Waals surface area contributed by atoms with E-state index in [1.54, 1.807) is 16.7 Å². The molecule has 0 saturated carbocycles. The van der Waals surface area contributed by atoms with Crippen LogP contribution in [0.4, 0.5) is 10.2 Å². The fraction of sp³-hybridized carbons (Fsp3) is 0.200. The number of fused-ring (bicyclic) bond motifs is 1. The Morgan fingerprint density at radius 2 is 1.95 bits per heavy atom. The Hall–Kier alpha value is -2.43. The second-order valence-electron chi connectivity index (χ2n) is 4.85. The lowest BCUT2D eigenvalue weighted by Crippen LogP contribution is -2.27. The Labute approximate surface area is 114 Å². The van der Waals surface area contributed by atoms with E-state index in [4.69, 9.17) is 5.73 Å². The number of anilines is 1. The number of ketones is 1. The monoisotopic (exact) mass is 272 g/mol. The molecule has 0 unspecified atom stereocenters. The molecule has 0 aliphatic heterocycles. The first kappa shape index (κ1) is 12.6. The number of carbonyl (C=O) groups is 1. The Morgan fingerprint density at radius 1 is 1.15 bits per heavy atom. The lowest BCUT2D eigenvalue weighted by molar-refractivity contribution is 0.0970. The summed E-state index contributed by atoms with van der Waals surface area (Å²) in [5, 5.41) is 0. The Kier molecular flexibility index (Phi) is 2.89. The Morgan fingerprint density at radius 3 is 2.70 bits per heavy atom. The number of Topliss-reactive ketones (excluding diaryl/α,β-unsaturated/α-hetero) is 1. The molecule has 1 heterocycles. The van der Waals surface area contributed by atoms with Crippen LogP contribution in [0.5, 0.6) is 0 Å². The second kappa shape index (κ2) is 4.59. The van der Waals surface area contributed by atoms with Gasteiger partial charge in [0.25, 0.3) is 0 Å². The molecule has 5 heteroatoms. The maximum atomic E-state index is 13.4. The van der Waals surface area contributed by atoms with Crippen LogP contribution in [-0.4, -0.2) is 10.4 Å². The number of rotatable bonds is 1. The number of hydrogen-bond acceptors (Lipinski definition) is 3. The van der Waals surface area contributed by atoms with E-state index in [0.717, 1.165) is 0 Å². The Balaban J connectivity index is 2.34. The van der Waals surface area contributed by atoms with E-state index in [1.807, 2.05) is 0 Å². The van der Waals surface area contributed by atoms with Crippen molar-refractivity contribution in [3.05, 3.63) is 57.6 Å². The van der Waals surface area contributed by atoms with Crippen molar-refractivity contribution in [2.24, 2.45) is 0 Å². The van der Waals surface area contributed by atoms with Crippen molar-refractivity contribution < 1.29 is 9.18 Å². The topological polar surface area (TPSA) is 65.1 Å². The number of halogens is 1. The van der Waals surface area contributed by atoms with Crippen molar-refractivity contribution in [1.29, 1.82) is 0 Å². The first-order valence-corrected chi connectivity index (χ1v) is 6.41. The van der Waals surface area contributed by atoms with E-state index in [2.05, 4.69) is 0 Å². The highest BCUT2D eigenvalue weighted by molar-refractivity contribution is 5.98. The zero-order chi connectivity index (χ0) is 14.3. The summed E-state index contributed by atoms with van der Waals surface area (Å²) in [6.07, 6.45) is 1.62. The van der Waals surface area contributed by atoms with Gasteiger partial charge in [0, 0.05) is 18.2 Å². The molecule has 0 fully saturated rings. The smallest absolute Gasteiger partial charge is 0.194 e. The number of benzene rings is 1. The van der Waals surface area contributed by atoms with Gasteiger partial charge < -0.3 is 5.73 Å². The molecule has 0 radical (unpaired) electrons. The maximum Gasteiger partial charge on any atom is 0.194 e. The first-order chi connectivity index (χ1) is 9.58. The van der Waals surface area contributed by atoms with Gasteiger partial charge in [-0.05, 0) is 31.0 Å². The highest BCUT2D eigenvalue weighted by Gasteiger charge is 2.24. The molecular weight excluding hydrogens is 259 g/mol. The molecule has 0 amide bonds. The van der Waals surface area contributed by atoms with Crippen molar-refractivity contribution in [2.75, 3.05) is 5.73 Å². The predicted molar refractivity (Wildman–Crippen MR) is 73.7 cm³/mol. The summed E-state index contributed by atoms with van der Waals surface area (Å²) < 4.78 is 15.0. The van der Waals surface area contributed by atoms with Crippen LogP contribution in [0.25, 0.3) is 5.69 Å². The summed E-state index contributed by atoms with van der Waals surface area (Å²) in [5.41, 5.74) is 6.84. The largest absolute Gasteiger partial charge is 0.385 e.